The minimum absolute atomic E-state index is 0. The summed E-state index contributed by atoms with van der Waals surface area (Å²) in [5, 5.41) is 8.15. The smallest absolute Gasteiger partial charge is 0.274 e. The predicted molar refractivity (Wildman–Crippen MR) is 106 cm³/mol. The number of piperazine rings is 1. The number of nitrogens with one attached hydrogen (secondary N) is 1. The molecule has 0 radical (unpaired) electrons. The molecule has 1 aromatic carbocycles. The van der Waals surface area contributed by atoms with Gasteiger partial charge in [-0.2, -0.15) is 5.10 Å². The second-order valence-electron chi connectivity index (χ2n) is 7.38. The molecule has 0 spiro atoms. The van der Waals surface area contributed by atoms with Gasteiger partial charge in [0.05, 0.1) is 5.69 Å². The Bertz CT molecular complexity index is 829. The first-order chi connectivity index (χ1) is 12.1. The van der Waals surface area contributed by atoms with Crippen LogP contribution in [0, 0.1) is 13.8 Å². The second-order valence-corrected chi connectivity index (χ2v) is 7.38. The fraction of sp³-hybridized carbons (Fsp3) is 0.500. The number of aryl methyl sites for hydroxylation is 2. The van der Waals surface area contributed by atoms with E-state index in [9.17, 15) is 4.79 Å². The van der Waals surface area contributed by atoms with Crippen molar-refractivity contribution >= 4 is 18.3 Å². The van der Waals surface area contributed by atoms with Crippen molar-refractivity contribution in [2.24, 2.45) is 0 Å². The van der Waals surface area contributed by atoms with Crippen LogP contribution in [0.5, 0.6) is 0 Å². The maximum absolute atomic E-state index is 13.2. The van der Waals surface area contributed by atoms with E-state index in [1.54, 1.807) is 0 Å². The van der Waals surface area contributed by atoms with Gasteiger partial charge in [-0.15, -0.1) is 12.4 Å². The monoisotopic (exact) mass is 374 g/mol. The molecule has 1 N–H and O–H groups in total. The van der Waals surface area contributed by atoms with Crippen LogP contribution in [0.25, 0.3) is 5.69 Å². The van der Waals surface area contributed by atoms with Gasteiger partial charge in [-0.1, -0.05) is 17.7 Å². The highest BCUT2D eigenvalue weighted by Gasteiger charge is 2.32. The summed E-state index contributed by atoms with van der Waals surface area (Å²) < 4.78 is 2.03. The second kappa shape index (κ2) is 7.41. The molecule has 2 heterocycles. The molecule has 26 heavy (non-hydrogen) atoms. The van der Waals surface area contributed by atoms with E-state index < -0.39 is 0 Å². The van der Waals surface area contributed by atoms with Crippen molar-refractivity contribution in [3.05, 3.63) is 46.3 Å². The minimum Gasteiger partial charge on any atom is -0.332 e. The molecule has 1 aliphatic carbocycles. The fourth-order valence-electron chi connectivity index (χ4n) is 4.13. The Morgan fingerprint density at radius 3 is 2.81 bits per heavy atom. The lowest BCUT2D eigenvalue weighted by Crippen LogP contribution is -2.52. The van der Waals surface area contributed by atoms with Crippen LogP contribution in [-0.4, -0.2) is 46.3 Å². The summed E-state index contributed by atoms with van der Waals surface area (Å²) in [6, 6.07) is 6.63. The van der Waals surface area contributed by atoms with Crippen LogP contribution in [0.4, 0.5) is 0 Å². The summed E-state index contributed by atoms with van der Waals surface area (Å²) in [5.41, 5.74) is 6.59. The number of amides is 1. The maximum Gasteiger partial charge on any atom is 0.274 e. The number of hydrogen-bond acceptors (Lipinski definition) is 3. The first-order valence-corrected chi connectivity index (χ1v) is 9.26. The highest BCUT2D eigenvalue weighted by atomic mass is 35.5. The zero-order valence-corrected chi connectivity index (χ0v) is 16.5. The number of rotatable bonds is 2. The van der Waals surface area contributed by atoms with Gasteiger partial charge in [-0.3, -0.25) is 4.79 Å². The van der Waals surface area contributed by atoms with Crippen LogP contribution in [-0.2, 0) is 12.8 Å². The van der Waals surface area contributed by atoms with Crippen LogP contribution in [0.15, 0.2) is 18.2 Å². The van der Waals surface area contributed by atoms with Gasteiger partial charge < -0.3 is 10.2 Å². The van der Waals surface area contributed by atoms with Crippen LogP contribution < -0.4 is 5.32 Å². The van der Waals surface area contributed by atoms with Gasteiger partial charge >= 0.3 is 0 Å². The molecule has 2 aliphatic rings. The normalized spacial score (nSPS) is 19.2. The Balaban J connectivity index is 0.00000196. The molecule has 1 unspecified atom stereocenters. The SMILES string of the molecule is Cc1ccc(-n2nc(C(=O)N3CCNCC3C)c3c2CCC3)c(C)c1.Cl. The van der Waals surface area contributed by atoms with Gasteiger partial charge in [0.2, 0.25) is 0 Å². The average Bonchev–Trinajstić information content (AvgIpc) is 3.18. The molecule has 0 bridgehead atoms. The zero-order valence-electron chi connectivity index (χ0n) is 15.7. The highest BCUT2D eigenvalue weighted by molar-refractivity contribution is 5.94. The van der Waals surface area contributed by atoms with Crippen molar-refractivity contribution in [3.8, 4) is 5.69 Å². The quantitative estimate of drug-likeness (QED) is 0.879. The van der Waals surface area contributed by atoms with Crippen molar-refractivity contribution < 1.29 is 4.79 Å². The number of carbonyl (C=O) groups excluding carboxylic acids is 1. The van der Waals surface area contributed by atoms with Gasteiger partial charge in [-0.05, 0) is 51.7 Å². The van der Waals surface area contributed by atoms with Gasteiger partial charge in [-0.25, -0.2) is 4.68 Å². The number of carbonyl (C=O) groups is 1. The zero-order chi connectivity index (χ0) is 17.6. The molecule has 1 saturated heterocycles. The average molecular weight is 375 g/mol. The molecule has 1 fully saturated rings. The Labute approximate surface area is 161 Å². The summed E-state index contributed by atoms with van der Waals surface area (Å²) in [6.45, 7) is 8.79. The number of halogens is 1. The summed E-state index contributed by atoms with van der Waals surface area (Å²) in [6.07, 6.45) is 3.07. The van der Waals surface area contributed by atoms with Crippen molar-refractivity contribution in [1.82, 2.24) is 20.0 Å². The summed E-state index contributed by atoms with van der Waals surface area (Å²) in [7, 11) is 0. The molecule has 2 aromatic rings. The number of hydrogen-bond donors (Lipinski definition) is 1. The molecular formula is C20H27ClN4O. The van der Waals surface area contributed by atoms with E-state index in [0.717, 1.165) is 50.1 Å². The van der Waals surface area contributed by atoms with Crippen LogP contribution >= 0.6 is 12.4 Å². The maximum atomic E-state index is 13.2. The Morgan fingerprint density at radius 1 is 1.27 bits per heavy atom. The first kappa shape index (κ1) is 18.9. The van der Waals surface area contributed by atoms with E-state index in [1.807, 2.05) is 9.58 Å². The van der Waals surface area contributed by atoms with E-state index in [0.29, 0.717) is 5.69 Å². The Morgan fingerprint density at radius 2 is 2.08 bits per heavy atom. The summed E-state index contributed by atoms with van der Waals surface area (Å²) >= 11 is 0. The molecule has 0 saturated carbocycles. The largest absolute Gasteiger partial charge is 0.332 e. The summed E-state index contributed by atoms with van der Waals surface area (Å²) in [5.74, 6) is 0.0932. The number of aromatic nitrogens is 2. The molecular weight excluding hydrogens is 348 g/mol. The highest BCUT2D eigenvalue weighted by Crippen LogP contribution is 2.30. The van der Waals surface area contributed by atoms with Gasteiger partial charge in [0.25, 0.3) is 5.91 Å². The topological polar surface area (TPSA) is 50.2 Å². The van der Waals surface area contributed by atoms with E-state index in [1.165, 1.54) is 16.8 Å². The Hall–Kier alpha value is -1.85. The van der Waals surface area contributed by atoms with Crippen LogP contribution in [0.1, 0.15) is 46.2 Å². The lowest BCUT2D eigenvalue weighted by Gasteiger charge is -2.33. The van der Waals surface area contributed by atoms with Crippen molar-refractivity contribution in [2.45, 2.75) is 46.1 Å². The van der Waals surface area contributed by atoms with Crippen molar-refractivity contribution in [2.75, 3.05) is 19.6 Å². The van der Waals surface area contributed by atoms with Crippen LogP contribution in [0.2, 0.25) is 0 Å². The van der Waals surface area contributed by atoms with Crippen LogP contribution in [0.3, 0.4) is 0 Å². The summed E-state index contributed by atoms with van der Waals surface area (Å²) in [4.78, 5) is 15.2. The molecule has 4 rings (SSSR count). The van der Waals surface area contributed by atoms with Gasteiger partial charge in [0.15, 0.2) is 5.69 Å². The minimum atomic E-state index is 0. The van der Waals surface area contributed by atoms with Gasteiger partial charge in [0.1, 0.15) is 0 Å². The molecule has 140 valence electrons. The lowest BCUT2D eigenvalue weighted by atomic mass is 10.1. The third-order valence-electron chi connectivity index (χ3n) is 5.48. The molecule has 1 amide bonds. The number of nitrogens with zero attached hydrogens (tertiary/aromatic N) is 3. The lowest BCUT2D eigenvalue weighted by molar-refractivity contribution is 0.0648. The predicted octanol–water partition coefficient (Wildman–Crippen LogP) is 2.83. The third-order valence-corrected chi connectivity index (χ3v) is 5.48. The molecule has 1 aromatic heterocycles. The van der Waals surface area contributed by atoms with Crippen molar-refractivity contribution in [1.29, 1.82) is 0 Å². The number of fused-ring (bicyclic) bond motifs is 1. The third kappa shape index (κ3) is 3.14. The van der Waals surface area contributed by atoms with Crippen molar-refractivity contribution in [3.63, 3.8) is 0 Å². The van der Waals surface area contributed by atoms with Gasteiger partial charge in [0, 0.05) is 36.9 Å². The standard InChI is InChI=1S/C20H26N4O.ClH/c1-13-7-8-17(14(2)11-13)24-18-6-4-5-16(18)19(22-24)20(25)23-10-9-21-12-15(23)3;/h7-8,11,15,21H,4-6,9-10,12H2,1-3H3;1H. The molecule has 1 aliphatic heterocycles. The molecule has 6 heteroatoms. The van der Waals surface area contributed by atoms with E-state index in [-0.39, 0.29) is 24.4 Å². The Kier molecular flexibility index (Phi) is 5.39. The van der Waals surface area contributed by atoms with E-state index >= 15 is 0 Å². The van der Waals surface area contributed by atoms with E-state index in [2.05, 4.69) is 44.3 Å². The van der Waals surface area contributed by atoms with E-state index in [4.69, 9.17) is 5.10 Å². The molecule has 5 nitrogen and oxygen atoms in total. The molecule has 1 atom stereocenters. The number of benzene rings is 1. The first-order valence-electron chi connectivity index (χ1n) is 9.26. The fourth-order valence-corrected chi connectivity index (χ4v) is 4.13.